The average molecular weight is 256 g/mol. The lowest BCUT2D eigenvalue weighted by Gasteiger charge is -2.11. The Hall–Kier alpha value is -1.79. The molecule has 0 bridgehead atoms. The summed E-state index contributed by atoms with van der Waals surface area (Å²) in [5, 5.41) is 2.99. The van der Waals surface area contributed by atoms with Crippen LogP contribution in [0.2, 0.25) is 0 Å². The quantitative estimate of drug-likeness (QED) is 0.807. The number of carbonyl (C=O) groups excluding carboxylic acids is 1. The fourth-order valence-corrected chi connectivity index (χ4v) is 2.05. The number of nitrogens with one attached hydrogen (secondary N) is 1. The first kappa shape index (κ1) is 13.6. The summed E-state index contributed by atoms with van der Waals surface area (Å²) in [7, 11) is 0. The van der Waals surface area contributed by atoms with E-state index in [0.29, 0.717) is 18.0 Å². The van der Waals surface area contributed by atoms with Gasteiger partial charge in [-0.05, 0) is 48.9 Å². The van der Waals surface area contributed by atoms with E-state index in [9.17, 15) is 4.79 Å². The Morgan fingerprint density at radius 2 is 2.11 bits per heavy atom. The van der Waals surface area contributed by atoms with Crippen molar-refractivity contribution in [1.29, 1.82) is 0 Å². The van der Waals surface area contributed by atoms with Crippen molar-refractivity contribution in [2.75, 3.05) is 13.1 Å². The van der Waals surface area contributed by atoms with E-state index in [1.807, 2.05) is 12.1 Å². The second kappa shape index (κ2) is 6.40. The van der Waals surface area contributed by atoms with E-state index in [0.717, 1.165) is 18.0 Å². The molecule has 1 aliphatic rings. The Labute approximate surface area is 114 Å². The minimum Gasteiger partial charge on any atom is -0.352 e. The molecule has 1 fully saturated rings. The summed E-state index contributed by atoms with van der Waals surface area (Å²) < 4.78 is 0. The molecule has 1 aliphatic carbocycles. The number of hydrogen-bond acceptors (Lipinski definition) is 2. The Balaban J connectivity index is 1.87. The van der Waals surface area contributed by atoms with Crippen molar-refractivity contribution in [3.05, 3.63) is 35.4 Å². The van der Waals surface area contributed by atoms with E-state index in [1.54, 1.807) is 12.1 Å². The Morgan fingerprint density at radius 1 is 1.42 bits per heavy atom. The van der Waals surface area contributed by atoms with E-state index in [1.165, 1.54) is 12.8 Å². The van der Waals surface area contributed by atoms with Gasteiger partial charge in [-0.25, -0.2) is 0 Å². The van der Waals surface area contributed by atoms with E-state index >= 15 is 0 Å². The molecular weight excluding hydrogens is 236 g/mol. The van der Waals surface area contributed by atoms with Crippen LogP contribution in [0.1, 0.15) is 35.7 Å². The van der Waals surface area contributed by atoms with Gasteiger partial charge in [0.05, 0.1) is 6.54 Å². The number of hydrogen-bond donors (Lipinski definition) is 2. The van der Waals surface area contributed by atoms with Gasteiger partial charge in [0, 0.05) is 17.7 Å². The van der Waals surface area contributed by atoms with E-state index in [4.69, 9.17) is 5.73 Å². The lowest BCUT2D eigenvalue weighted by atomic mass is 10.1. The topological polar surface area (TPSA) is 55.1 Å². The maximum absolute atomic E-state index is 12.0. The Morgan fingerprint density at radius 3 is 2.68 bits per heavy atom. The zero-order valence-corrected chi connectivity index (χ0v) is 11.3. The van der Waals surface area contributed by atoms with Crippen molar-refractivity contribution in [2.24, 2.45) is 17.6 Å². The molecule has 3 heteroatoms. The third-order valence-corrected chi connectivity index (χ3v) is 3.49. The lowest BCUT2D eigenvalue weighted by molar-refractivity contribution is 0.0946. The highest BCUT2D eigenvalue weighted by atomic mass is 16.1. The molecule has 0 radical (unpaired) electrons. The molecule has 1 unspecified atom stereocenters. The molecule has 1 saturated carbocycles. The number of benzene rings is 1. The molecule has 0 spiro atoms. The molecule has 3 nitrogen and oxygen atoms in total. The summed E-state index contributed by atoms with van der Waals surface area (Å²) >= 11 is 0. The van der Waals surface area contributed by atoms with Gasteiger partial charge in [-0.1, -0.05) is 18.8 Å². The van der Waals surface area contributed by atoms with E-state index in [2.05, 4.69) is 24.1 Å². The van der Waals surface area contributed by atoms with Crippen LogP contribution in [0.3, 0.4) is 0 Å². The normalized spacial score (nSPS) is 15.3. The second-order valence-electron chi connectivity index (χ2n) is 5.11. The third-order valence-electron chi connectivity index (χ3n) is 3.49. The van der Waals surface area contributed by atoms with Crippen LogP contribution in [0.4, 0.5) is 0 Å². The summed E-state index contributed by atoms with van der Waals surface area (Å²) in [4.78, 5) is 12.0. The zero-order chi connectivity index (χ0) is 13.7. The monoisotopic (exact) mass is 256 g/mol. The third kappa shape index (κ3) is 4.11. The van der Waals surface area contributed by atoms with Crippen LogP contribution in [0.25, 0.3) is 0 Å². The maximum atomic E-state index is 12.0. The van der Waals surface area contributed by atoms with Gasteiger partial charge in [0.2, 0.25) is 0 Å². The summed E-state index contributed by atoms with van der Waals surface area (Å²) in [6, 6.07) is 7.30. The summed E-state index contributed by atoms with van der Waals surface area (Å²) in [5.41, 5.74) is 6.88. The van der Waals surface area contributed by atoms with Gasteiger partial charge in [-0.3, -0.25) is 4.79 Å². The van der Waals surface area contributed by atoms with Crippen molar-refractivity contribution in [3.8, 4) is 11.8 Å². The molecule has 100 valence electrons. The first-order valence-corrected chi connectivity index (χ1v) is 6.78. The van der Waals surface area contributed by atoms with Gasteiger partial charge in [0.25, 0.3) is 5.91 Å². The summed E-state index contributed by atoms with van der Waals surface area (Å²) in [6.45, 7) is 3.31. The second-order valence-corrected chi connectivity index (χ2v) is 5.11. The smallest absolute Gasteiger partial charge is 0.251 e. The largest absolute Gasteiger partial charge is 0.352 e. The standard InChI is InChI=1S/C16H20N2O/c1-12(14-8-9-14)11-18-16(19)15-6-4-13(5-7-15)3-2-10-17/h4-7,12,14H,8-11,17H2,1H3,(H,18,19). The molecule has 1 amide bonds. The first-order chi connectivity index (χ1) is 9.20. The Kier molecular flexibility index (Phi) is 4.59. The van der Waals surface area contributed by atoms with Crippen LogP contribution in [0.5, 0.6) is 0 Å². The molecule has 0 saturated heterocycles. The van der Waals surface area contributed by atoms with Gasteiger partial charge < -0.3 is 11.1 Å². The minimum atomic E-state index is -0.00849. The molecule has 2 rings (SSSR count). The van der Waals surface area contributed by atoms with Gasteiger partial charge in [0.15, 0.2) is 0 Å². The van der Waals surface area contributed by atoms with Gasteiger partial charge in [-0.2, -0.15) is 0 Å². The van der Waals surface area contributed by atoms with Gasteiger partial charge in [0.1, 0.15) is 0 Å². The number of rotatable bonds is 4. The summed E-state index contributed by atoms with van der Waals surface area (Å²) in [5.74, 6) is 7.11. The first-order valence-electron chi connectivity index (χ1n) is 6.78. The highest BCUT2D eigenvalue weighted by molar-refractivity contribution is 5.94. The van der Waals surface area contributed by atoms with Crippen molar-refractivity contribution in [2.45, 2.75) is 19.8 Å². The van der Waals surface area contributed by atoms with Crippen LogP contribution in [0, 0.1) is 23.7 Å². The van der Waals surface area contributed by atoms with Crippen LogP contribution in [-0.2, 0) is 0 Å². The lowest BCUT2D eigenvalue weighted by Crippen LogP contribution is -2.28. The van der Waals surface area contributed by atoms with Gasteiger partial charge in [-0.15, -0.1) is 0 Å². The van der Waals surface area contributed by atoms with Crippen LogP contribution in [-0.4, -0.2) is 19.0 Å². The van der Waals surface area contributed by atoms with E-state index in [-0.39, 0.29) is 5.91 Å². The fourth-order valence-electron chi connectivity index (χ4n) is 2.05. The molecule has 19 heavy (non-hydrogen) atoms. The molecule has 3 N–H and O–H groups in total. The maximum Gasteiger partial charge on any atom is 0.251 e. The molecule has 1 aromatic rings. The molecule has 0 heterocycles. The minimum absolute atomic E-state index is 0.00849. The van der Waals surface area contributed by atoms with Crippen molar-refractivity contribution < 1.29 is 4.79 Å². The molecule has 1 aromatic carbocycles. The van der Waals surface area contributed by atoms with Crippen LogP contribution < -0.4 is 11.1 Å². The highest BCUT2D eigenvalue weighted by Gasteiger charge is 2.27. The predicted molar refractivity (Wildman–Crippen MR) is 76.6 cm³/mol. The SMILES string of the molecule is CC(CNC(=O)c1ccc(C#CCN)cc1)C1CC1. The Bertz CT molecular complexity index is 492. The summed E-state index contributed by atoms with van der Waals surface area (Å²) in [6.07, 6.45) is 2.62. The molecule has 0 aromatic heterocycles. The number of amides is 1. The number of nitrogens with two attached hydrogens (primary N) is 1. The average Bonchev–Trinajstić information content (AvgIpc) is 3.27. The van der Waals surface area contributed by atoms with E-state index < -0.39 is 0 Å². The highest BCUT2D eigenvalue weighted by Crippen LogP contribution is 2.36. The molecular formula is C16H20N2O. The predicted octanol–water partition coefficient (Wildman–Crippen LogP) is 1.77. The van der Waals surface area contributed by atoms with Crippen LogP contribution in [0.15, 0.2) is 24.3 Å². The number of carbonyl (C=O) groups is 1. The molecule has 0 aliphatic heterocycles. The van der Waals surface area contributed by atoms with Crippen molar-refractivity contribution in [3.63, 3.8) is 0 Å². The van der Waals surface area contributed by atoms with Gasteiger partial charge >= 0.3 is 0 Å². The fraction of sp³-hybridized carbons (Fsp3) is 0.438. The van der Waals surface area contributed by atoms with Crippen molar-refractivity contribution >= 4 is 5.91 Å². The molecule has 1 atom stereocenters. The zero-order valence-electron chi connectivity index (χ0n) is 11.3. The van der Waals surface area contributed by atoms with Crippen LogP contribution >= 0.6 is 0 Å². The van der Waals surface area contributed by atoms with Crippen molar-refractivity contribution in [1.82, 2.24) is 5.32 Å².